The van der Waals surface area contributed by atoms with Crippen LogP contribution in [0.4, 0.5) is 5.69 Å². The monoisotopic (exact) mass is 427 g/mol. The molecule has 0 unspecified atom stereocenters. The maximum Gasteiger partial charge on any atom is 0.240 e. The Morgan fingerprint density at radius 3 is 2.60 bits per heavy atom. The van der Waals surface area contributed by atoms with Crippen molar-refractivity contribution in [3.05, 3.63) is 72.1 Å². The first-order valence-electron chi connectivity index (χ1n) is 9.40. The van der Waals surface area contributed by atoms with Gasteiger partial charge in [0.1, 0.15) is 0 Å². The second-order valence-corrected chi connectivity index (χ2v) is 8.89. The van der Waals surface area contributed by atoms with Crippen LogP contribution in [0.5, 0.6) is 0 Å². The first-order chi connectivity index (χ1) is 14.3. The highest BCUT2D eigenvalue weighted by Gasteiger charge is 2.16. The van der Waals surface area contributed by atoms with Gasteiger partial charge in [-0.15, -0.1) is 0 Å². The molecule has 0 radical (unpaired) electrons. The fourth-order valence-electron chi connectivity index (χ4n) is 3.05. The van der Waals surface area contributed by atoms with Gasteiger partial charge in [0.2, 0.25) is 15.9 Å². The van der Waals surface area contributed by atoms with E-state index in [1.807, 2.05) is 48.5 Å². The number of para-hydroxylation sites is 1. The van der Waals surface area contributed by atoms with E-state index in [1.54, 1.807) is 29.9 Å². The number of rotatable bonds is 8. The number of carbonyl (C=O) groups excluding carboxylic acids is 1. The molecule has 0 saturated heterocycles. The Kier molecular flexibility index (Phi) is 6.66. The van der Waals surface area contributed by atoms with Crippen molar-refractivity contribution < 1.29 is 13.2 Å². The summed E-state index contributed by atoms with van der Waals surface area (Å²) in [6, 6.07) is 14.6. The fourth-order valence-corrected chi connectivity index (χ4v) is 4.05. The van der Waals surface area contributed by atoms with E-state index in [0.717, 1.165) is 11.3 Å². The number of nitrogens with zero attached hydrogens (tertiary/aromatic N) is 3. The molecule has 2 N–H and O–H groups in total. The van der Waals surface area contributed by atoms with Crippen molar-refractivity contribution in [2.45, 2.75) is 18.4 Å². The molecule has 1 amide bonds. The number of sulfonamides is 1. The third kappa shape index (κ3) is 5.32. The van der Waals surface area contributed by atoms with Crippen LogP contribution in [0, 0.1) is 6.92 Å². The lowest BCUT2D eigenvalue weighted by Gasteiger charge is -2.16. The summed E-state index contributed by atoms with van der Waals surface area (Å²) >= 11 is 0. The van der Waals surface area contributed by atoms with Crippen LogP contribution in [0.15, 0.2) is 65.8 Å². The zero-order chi connectivity index (χ0) is 21.7. The second-order valence-electron chi connectivity index (χ2n) is 7.04. The van der Waals surface area contributed by atoms with Crippen LogP contribution in [0.3, 0.4) is 0 Å². The van der Waals surface area contributed by atoms with Gasteiger partial charge in [0.15, 0.2) is 0 Å². The van der Waals surface area contributed by atoms with Gasteiger partial charge in [0.25, 0.3) is 0 Å². The summed E-state index contributed by atoms with van der Waals surface area (Å²) in [5.41, 5.74) is 2.99. The van der Waals surface area contributed by atoms with Crippen molar-refractivity contribution >= 4 is 21.6 Å². The van der Waals surface area contributed by atoms with Crippen molar-refractivity contribution in [3.63, 3.8) is 0 Å². The quantitative estimate of drug-likeness (QED) is 0.574. The molecule has 0 atom stereocenters. The summed E-state index contributed by atoms with van der Waals surface area (Å²) < 4.78 is 28.3. The number of likely N-dealkylation sites (N-methyl/N-ethyl adjacent to an activating group) is 1. The Bertz CT molecular complexity index is 1130. The van der Waals surface area contributed by atoms with Crippen LogP contribution >= 0.6 is 0 Å². The molecule has 3 rings (SSSR count). The van der Waals surface area contributed by atoms with Gasteiger partial charge < -0.3 is 5.32 Å². The molecule has 8 nitrogen and oxygen atoms in total. The third-order valence-corrected chi connectivity index (χ3v) is 6.11. The molecular formula is C21H25N5O3S. The number of aryl methyl sites for hydroxylation is 1. The van der Waals surface area contributed by atoms with Gasteiger partial charge in [0.05, 0.1) is 23.3 Å². The lowest BCUT2D eigenvalue weighted by Crippen LogP contribution is -2.30. The predicted octanol–water partition coefficient (Wildman–Crippen LogP) is 2.16. The zero-order valence-electron chi connectivity index (χ0n) is 17.2. The van der Waals surface area contributed by atoms with Crippen molar-refractivity contribution in [1.29, 1.82) is 0 Å². The largest absolute Gasteiger partial charge is 0.325 e. The van der Waals surface area contributed by atoms with Gasteiger partial charge >= 0.3 is 0 Å². The molecule has 0 fully saturated rings. The number of hydrogen-bond donors (Lipinski definition) is 2. The molecule has 1 heterocycles. The zero-order valence-corrected chi connectivity index (χ0v) is 18.0. The molecule has 0 aliphatic rings. The van der Waals surface area contributed by atoms with E-state index in [1.165, 1.54) is 13.1 Å². The van der Waals surface area contributed by atoms with Gasteiger partial charge in [-0.2, -0.15) is 5.10 Å². The van der Waals surface area contributed by atoms with Crippen LogP contribution in [0.25, 0.3) is 5.69 Å². The molecule has 0 aliphatic heterocycles. The second kappa shape index (κ2) is 9.21. The highest BCUT2D eigenvalue weighted by molar-refractivity contribution is 7.89. The van der Waals surface area contributed by atoms with E-state index >= 15 is 0 Å². The highest BCUT2D eigenvalue weighted by Crippen LogP contribution is 2.20. The molecule has 1 aromatic heterocycles. The minimum atomic E-state index is -3.59. The Morgan fingerprint density at radius 1 is 1.17 bits per heavy atom. The van der Waals surface area contributed by atoms with Crippen molar-refractivity contribution in [1.82, 2.24) is 19.4 Å². The number of aromatic nitrogens is 2. The molecule has 0 spiro atoms. The maximum atomic E-state index is 12.4. The van der Waals surface area contributed by atoms with Crippen LogP contribution in [-0.2, 0) is 21.4 Å². The van der Waals surface area contributed by atoms with Gasteiger partial charge in [-0.05, 0) is 50.8 Å². The molecule has 9 heteroatoms. The molecule has 0 saturated carbocycles. The van der Waals surface area contributed by atoms with E-state index in [4.69, 9.17) is 0 Å². The van der Waals surface area contributed by atoms with Crippen molar-refractivity contribution in [2.75, 3.05) is 26.0 Å². The standard InChI is InChI=1S/C21H25N5O3S/c1-16-9-10-18(11-20(16)30(28,29)22-2)24-21(27)15-25(3)13-17-12-23-26(14-17)19-7-5-4-6-8-19/h4-12,14,22H,13,15H2,1-3H3,(H,24,27). The van der Waals surface area contributed by atoms with E-state index in [0.29, 0.717) is 17.8 Å². The van der Waals surface area contributed by atoms with Crippen molar-refractivity contribution in [3.8, 4) is 5.69 Å². The molecule has 0 bridgehead atoms. The van der Waals surface area contributed by atoms with Crippen LogP contribution < -0.4 is 10.0 Å². The summed E-state index contributed by atoms with van der Waals surface area (Å²) in [7, 11) is -0.398. The molecule has 30 heavy (non-hydrogen) atoms. The smallest absolute Gasteiger partial charge is 0.240 e. The summed E-state index contributed by atoms with van der Waals surface area (Å²) in [5, 5.41) is 7.12. The summed E-state index contributed by atoms with van der Waals surface area (Å²) in [6.07, 6.45) is 3.70. The SMILES string of the molecule is CNS(=O)(=O)c1cc(NC(=O)CN(C)Cc2cnn(-c3ccccc3)c2)ccc1C. The lowest BCUT2D eigenvalue weighted by atomic mass is 10.2. The average Bonchev–Trinajstić information content (AvgIpc) is 3.18. The van der Waals surface area contributed by atoms with E-state index in [2.05, 4.69) is 15.1 Å². The van der Waals surface area contributed by atoms with Gasteiger partial charge in [-0.25, -0.2) is 17.8 Å². The third-order valence-electron chi connectivity index (χ3n) is 4.55. The maximum absolute atomic E-state index is 12.4. The number of nitrogens with one attached hydrogen (secondary N) is 2. The Balaban J connectivity index is 1.60. The Hall–Kier alpha value is -3.01. The number of benzene rings is 2. The number of amides is 1. The minimum Gasteiger partial charge on any atom is -0.325 e. The van der Waals surface area contributed by atoms with Crippen LogP contribution in [0.1, 0.15) is 11.1 Å². The summed E-state index contributed by atoms with van der Waals surface area (Å²) in [6.45, 7) is 2.41. The molecule has 158 valence electrons. The van der Waals surface area contributed by atoms with Crippen molar-refractivity contribution in [2.24, 2.45) is 0 Å². The van der Waals surface area contributed by atoms with Gasteiger partial charge in [-0.1, -0.05) is 24.3 Å². The minimum absolute atomic E-state index is 0.143. The number of hydrogen-bond acceptors (Lipinski definition) is 5. The van der Waals surface area contributed by atoms with Crippen LogP contribution in [-0.4, -0.2) is 49.6 Å². The number of carbonyl (C=O) groups is 1. The Labute approximate surface area is 176 Å². The van der Waals surface area contributed by atoms with E-state index < -0.39 is 10.0 Å². The highest BCUT2D eigenvalue weighted by atomic mass is 32.2. The number of anilines is 1. The Morgan fingerprint density at radius 2 is 1.90 bits per heavy atom. The van der Waals surface area contributed by atoms with Gasteiger partial charge in [0, 0.05) is 24.0 Å². The van der Waals surface area contributed by atoms with Crippen LogP contribution in [0.2, 0.25) is 0 Å². The fraction of sp³-hybridized carbons (Fsp3) is 0.238. The first kappa shape index (κ1) is 21.7. The predicted molar refractivity (Wildman–Crippen MR) is 116 cm³/mol. The van der Waals surface area contributed by atoms with Gasteiger partial charge in [-0.3, -0.25) is 9.69 Å². The first-order valence-corrected chi connectivity index (χ1v) is 10.9. The summed E-state index contributed by atoms with van der Waals surface area (Å²) in [5.74, 6) is -0.232. The normalized spacial score (nSPS) is 11.6. The molecular weight excluding hydrogens is 402 g/mol. The molecule has 0 aliphatic carbocycles. The van der Waals surface area contributed by atoms with E-state index in [-0.39, 0.29) is 17.3 Å². The summed E-state index contributed by atoms with van der Waals surface area (Å²) in [4.78, 5) is 14.4. The van der Waals surface area contributed by atoms with E-state index in [9.17, 15) is 13.2 Å². The topological polar surface area (TPSA) is 96.3 Å². The molecule has 2 aromatic carbocycles. The average molecular weight is 428 g/mol. The lowest BCUT2D eigenvalue weighted by molar-refractivity contribution is -0.117. The molecule has 3 aromatic rings.